The third-order valence-electron chi connectivity index (χ3n) is 5.06. The lowest BCUT2D eigenvalue weighted by molar-refractivity contribution is 0.210. The van der Waals surface area contributed by atoms with Gasteiger partial charge in [-0.2, -0.15) is 0 Å². The van der Waals surface area contributed by atoms with Crippen LogP contribution in [0.1, 0.15) is 32.3 Å². The summed E-state index contributed by atoms with van der Waals surface area (Å²) in [5, 5.41) is 0. The van der Waals surface area contributed by atoms with Crippen LogP contribution < -0.4 is 0 Å². The molecule has 1 heterocycles. The van der Waals surface area contributed by atoms with Crippen LogP contribution in [0.4, 0.5) is 0 Å². The van der Waals surface area contributed by atoms with E-state index in [1.54, 1.807) is 0 Å². The maximum atomic E-state index is 3.64. The zero-order valence-corrected chi connectivity index (χ0v) is 16.2. The highest BCUT2D eigenvalue weighted by molar-refractivity contribution is 9.10. The Bertz CT molecular complexity index is 694. The van der Waals surface area contributed by atoms with E-state index in [1.165, 1.54) is 48.2 Å². The molecule has 0 radical (unpaired) electrons. The number of piperidine rings is 1. The summed E-state index contributed by atoms with van der Waals surface area (Å²) in [6.45, 7) is 8.15. The monoisotopic (exact) mass is 383 g/mol. The molecule has 0 aromatic heterocycles. The lowest BCUT2D eigenvalue weighted by Crippen LogP contribution is -2.32. The zero-order valence-electron chi connectivity index (χ0n) is 14.6. The van der Waals surface area contributed by atoms with E-state index in [9.17, 15) is 0 Å². The van der Waals surface area contributed by atoms with Crippen molar-refractivity contribution in [2.75, 3.05) is 19.6 Å². The molecule has 1 aliphatic heterocycles. The number of halogens is 1. The first-order valence-electron chi connectivity index (χ1n) is 8.88. The molecule has 2 heteroatoms. The molecule has 3 rings (SSSR count). The molecule has 0 atom stereocenters. The summed E-state index contributed by atoms with van der Waals surface area (Å²) < 4.78 is 1.14. The quantitative estimate of drug-likeness (QED) is 0.602. The Morgan fingerprint density at radius 1 is 1.08 bits per heavy atom. The summed E-state index contributed by atoms with van der Waals surface area (Å²) in [5.74, 6) is 0.899. The van der Waals surface area contributed by atoms with E-state index < -0.39 is 0 Å². The Balaban J connectivity index is 1.66. The number of benzene rings is 2. The van der Waals surface area contributed by atoms with Crippen LogP contribution in [0.3, 0.4) is 0 Å². The molecule has 0 N–H and O–H groups in total. The van der Waals surface area contributed by atoms with Gasteiger partial charge in [0.05, 0.1) is 0 Å². The second kappa shape index (κ2) is 8.13. The third-order valence-corrected chi connectivity index (χ3v) is 5.75. The smallest absolute Gasteiger partial charge is 0.0253 e. The topological polar surface area (TPSA) is 3.24 Å². The summed E-state index contributed by atoms with van der Waals surface area (Å²) in [4.78, 5) is 2.57. The van der Waals surface area contributed by atoms with Gasteiger partial charge in [-0.1, -0.05) is 71.4 Å². The summed E-state index contributed by atoms with van der Waals surface area (Å²) in [7, 11) is 0. The Morgan fingerprint density at radius 3 is 2.42 bits per heavy atom. The highest BCUT2D eigenvalue weighted by Gasteiger charge is 2.14. The average molecular weight is 384 g/mol. The van der Waals surface area contributed by atoms with Crippen LogP contribution in [-0.4, -0.2) is 24.5 Å². The SMILES string of the molecule is C/C(=C/CN1CCC(C)CC1)c1ccc(-c2ccccc2Br)cc1. The molecule has 0 amide bonds. The number of likely N-dealkylation sites (tertiary alicyclic amines) is 1. The van der Waals surface area contributed by atoms with Crippen molar-refractivity contribution < 1.29 is 0 Å². The first-order valence-corrected chi connectivity index (χ1v) is 9.67. The maximum absolute atomic E-state index is 3.64. The predicted molar refractivity (Wildman–Crippen MR) is 108 cm³/mol. The van der Waals surface area contributed by atoms with Crippen LogP contribution >= 0.6 is 15.9 Å². The normalized spacial score (nSPS) is 17.2. The van der Waals surface area contributed by atoms with E-state index in [-0.39, 0.29) is 0 Å². The summed E-state index contributed by atoms with van der Waals surface area (Å²) in [5.41, 5.74) is 5.18. The largest absolute Gasteiger partial charge is 0.300 e. The van der Waals surface area contributed by atoms with E-state index in [2.05, 4.69) is 89.3 Å². The van der Waals surface area contributed by atoms with Crippen molar-refractivity contribution in [1.29, 1.82) is 0 Å². The molecule has 1 aliphatic rings. The predicted octanol–water partition coefficient (Wildman–Crippen LogP) is 6.25. The van der Waals surface area contributed by atoms with Gasteiger partial charge >= 0.3 is 0 Å². The van der Waals surface area contributed by atoms with Crippen molar-refractivity contribution in [3.63, 3.8) is 0 Å². The van der Waals surface area contributed by atoms with Gasteiger partial charge in [0.2, 0.25) is 0 Å². The Labute approximate surface area is 154 Å². The van der Waals surface area contributed by atoms with Crippen LogP contribution in [0.25, 0.3) is 16.7 Å². The molecule has 2 aromatic rings. The van der Waals surface area contributed by atoms with Crippen molar-refractivity contribution >= 4 is 21.5 Å². The van der Waals surface area contributed by atoms with Crippen LogP contribution in [0.5, 0.6) is 0 Å². The number of nitrogens with zero attached hydrogens (tertiary/aromatic N) is 1. The van der Waals surface area contributed by atoms with E-state index >= 15 is 0 Å². The lowest BCUT2D eigenvalue weighted by Gasteiger charge is -2.29. The minimum atomic E-state index is 0.899. The molecule has 0 saturated carbocycles. The van der Waals surface area contributed by atoms with Gasteiger partial charge in [0, 0.05) is 11.0 Å². The minimum Gasteiger partial charge on any atom is -0.300 e. The molecule has 0 spiro atoms. The Hall–Kier alpha value is -1.38. The van der Waals surface area contributed by atoms with Crippen molar-refractivity contribution in [2.24, 2.45) is 5.92 Å². The zero-order chi connectivity index (χ0) is 16.9. The molecule has 126 valence electrons. The van der Waals surface area contributed by atoms with Crippen molar-refractivity contribution in [3.8, 4) is 11.1 Å². The second-order valence-electron chi connectivity index (χ2n) is 6.93. The van der Waals surface area contributed by atoms with Gasteiger partial charge in [-0.25, -0.2) is 0 Å². The first kappa shape index (κ1) is 17.4. The van der Waals surface area contributed by atoms with Crippen LogP contribution in [0, 0.1) is 5.92 Å². The Kier molecular flexibility index (Phi) is 5.91. The van der Waals surface area contributed by atoms with Crippen LogP contribution in [-0.2, 0) is 0 Å². The maximum Gasteiger partial charge on any atom is 0.0253 e. The van der Waals surface area contributed by atoms with E-state index in [4.69, 9.17) is 0 Å². The van der Waals surface area contributed by atoms with Crippen molar-refractivity contribution in [1.82, 2.24) is 4.90 Å². The number of hydrogen-bond donors (Lipinski definition) is 0. The standard InChI is InChI=1S/C22H26BrN/c1-17-11-14-24(15-12-17)16-13-18(2)19-7-9-20(10-8-19)21-5-3-4-6-22(21)23/h3-10,13,17H,11-12,14-16H2,1-2H3/b18-13-. The molecule has 1 saturated heterocycles. The van der Waals surface area contributed by atoms with Gasteiger partial charge in [-0.05, 0) is 67.1 Å². The molecule has 0 bridgehead atoms. The lowest BCUT2D eigenvalue weighted by atomic mass is 9.98. The average Bonchev–Trinajstić information content (AvgIpc) is 2.61. The van der Waals surface area contributed by atoms with E-state index in [1.807, 2.05) is 0 Å². The van der Waals surface area contributed by atoms with E-state index in [0.29, 0.717) is 0 Å². The van der Waals surface area contributed by atoms with Crippen molar-refractivity contribution in [2.45, 2.75) is 26.7 Å². The van der Waals surface area contributed by atoms with Crippen molar-refractivity contribution in [3.05, 3.63) is 64.6 Å². The van der Waals surface area contributed by atoms with Gasteiger partial charge < -0.3 is 0 Å². The first-order chi connectivity index (χ1) is 11.6. The van der Waals surface area contributed by atoms with Gasteiger partial charge in [0.1, 0.15) is 0 Å². The van der Waals surface area contributed by atoms with Crippen LogP contribution in [0.15, 0.2) is 59.1 Å². The fourth-order valence-corrected chi connectivity index (χ4v) is 3.75. The molecule has 0 aliphatic carbocycles. The van der Waals surface area contributed by atoms with Gasteiger partial charge in [-0.3, -0.25) is 4.90 Å². The summed E-state index contributed by atoms with van der Waals surface area (Å²) in [6, 6.07) is 17.3. The van der Waals surface area contributed by atoms with Gasteiger partial charge in [0.15, 0.2) is 0 Å². The number of rotatable bonds is 4. The third kappa shape index (κ3) is 4.37. The van der Waals surface area contributed by atoms with Gasteiger partial charge in [0.25, 0.3) is 0 Å². The fraction of sp³-hybridized carbons (Fsp3) is 0.364. The molecule has 1 nitrogen and oxygen atoms in total. The highest BCUT2D eigenvalue weighted by Crippen LogP contribution is 2.29. The van der Waals surface area contributed by atoms with E-state index in [0.717, 1.165) is 16.9 Å². The minimum absolute atomic E-state index is 0.899. The molecule has 24 heavy (non-hydrogen) atoms. The molecular weight excluding hydrogens is 358 g/mol. The number of hydrogen-bond acceptors (Lipinski definition) is 1. The highest BCUT2D eigenvalue weighted by atomic mass is 79.9. The van der Waals surface area contributed by atoms with Gasteiger partial charge in [-0.15, -0.1) is 0 Å². The second-order valence-corrected chi connectivity index (χ2v) is 7.78. The summed E-state index contributed by atoms with van der Waals surface area (Å²) >= 11 is 3.64. The number of allylic oxidation sites excluding steroid dienone is 1. The molecule has 1 fully saturated rings. The fourth-order valence-electron chi connectivity index (χ4n) is 3.24. The van der Waals surface area contributed by atoms with Crippen LogP contribution in [0.2, 0.25) is 0 Å². The summed E-state index contributed by atoms with van der Waals surface area (Å²) in [6.07, 6.45) is 5.06. The Morgan fingerprint density at radius 2 is 1.75 bits per heavy atom. The molecular formula is C22H26BrN. The molecule has 0 unspecified atom stereocenters. The molecule has 2 aromatic carbocycles.